The predicted molar refractivity (Wildman–Crippen MR) is 66.4 cm³/mol. The van der Waals surface area contributed by atoms with E-state index in [-0.39, 0.29) is 17.5 Å². The van der Waals surface area contributed by atoms with Crippen molar-refractivity contribution in [1.82, 2.24) is 5.32 Å². The first kappa shape index (κ1) is 12.0. The molecular formula is C14H16FNO. The normalized spacial score (nSPS) is 16.8. The predicted octanol–water partition coefficient (Wildman–Crippen LogP) is 2.65. The summed E-state index contributed by atoms with van der Waals surface area (Å²) >= 11 is 0. The van der Waals surface area contributed by atoms with E-state index < -0.39 is 0 Å². The van der Waals surface area contributed by atoms with Gasteiger partial charge >= 0.3 is 0 Å². The van der Waals surface area contributed by atoms with Gasteiger partial charge in [-0.1, -0.05) is 12.7 Å². The molecule has 1 N–H and O–H groups in total. The van der Waals surface area contributed by atoms with E-state index in [1.807, 2.05) is 0 Å². The molecule has 0 aromatic heterocycles. The number of hydrogen-bond donors (Lipinski definition) is 1. The average Bonchev–Trinajstić information content (AvgIpc) is 2.39. The van der Waals surface area contributed by atoms with Gasteiger partial charge < -0.3 is 5.32 Å². The van der Waals surface area contributed by atoms with Crippen molar-refractivity contribution < 1.29 is 9.18 Å². The topological polar surface area (TPSA) is 29.1 Å². The second-order valence-corrected chi connectivity index (χ2v) is 4.32. The standard InChI is InChI=1S/C14H16FNO/c1-2-10-9-12(15)3-4-13(10)14(17)11-5-7-16-8-6-11/h2-4,9,11,16H,1,5-8H2. The number of carbonyl (C=O) groups is 1. The molecule has 0 spiro atoms. The number of Topliss-reactive ketones (excluding diaryl/α,β-unsaturated/α-hetero) is 1. The van der Waals surface area contributed by atoms with E-state index in [0.717, 1.165) is 25.9 Å². The van der Waals surface area contributed by atoms with Gasteiger partial charge in [-0.3, -0.25) is 4.79 Å². The fraction of sp³-hybridized carbons (Fsp3) is 0.357. The lowest BCUT2D eigenvalue weighted by Gasteiger charge is -2.22. The molecule has 1 aromatic rings. The Morgan fingerprint density at radius 1 is 1.41 bits per heavy atom. The van der Waals surface area contributed by atoms with Crippen molar-refractivity contribution in [3.8, 4) is 0 Å². The highest BCUT2D eigenvalue weighted by molar-refractivity contribution is 6.01. The molecule has 1 aliphatic heterocycles. The first-order chi connectivity index (χ1) is 8.22. The Hall–Kier alpha value is -1.48. The lowest BCUT2D eigenvalue weighted by atomic mass is 9.87. The highest BCUT2D eigenvalue weighted by Gasteiger charge is 2.23. The van der Waals surface area contributed by atoms with E-state index in [1.165, 1.54) is 18.2 Å². The van der Waals surface area contributed by atoms with Gasteiger partial charge in [0.25, 0.3) is 0 Å². The number of benzene rings is 1. The monoisotopic (exact) mass is 233 g/mol. The van der Waals surface area contributed by atoms with Gasteiger partial charge in [0.1, 0.15) is 5.82 Å². The Morgan fingerprint density at radius 2 is 2.12 bits per heavy atom. The second kappa shape index (κ2) is 5.23. The van der Waals surface area contributed by atoms with Crippen LogP contribution in [-0.4, -0.2) is 18.9 Å². The lowest BCUT2D eigenvalue weighted by molar-refractivity contribution is 0.0895. The average molecular weight is 233 g/mol. The highest BCUT2D eigenvalue weighted by Crippen LogP contribution is 2.22. The number of hydrogen-bond acceptors (Lipinski definition) is 2. The maximum atomic E-state index is 13.1. The SMILES string of the molecule is C=Cc1cc(F)ccc1C(=O)C1CCNCC1. The molecule has 0 radical (unpaired) electrons. The summed E-state index contributed by atoms with van der Waals surface area (Å²) in [6, 6.07) is 4.26. The van der Waals surface area contributed by atoms with Gasteiger partial charge in [0.2, 0.25) is 0 Å². The van der Waals surface area contributed by atoms with Gasteiger partial charge in [0, 0.05) is 11.5 Å². The summed E-state index contributed by atoms with van der Waals surface area (Å²) < 4.78 is 13.1. The Bertz CT molecular complexity index is 436. The molecule has 2 rings (SSSR count). The summed E-state index contributed by atoms with van der Waals surface area (Å²) in [6.07, 6.45) is 3.25. The molecule has 0 aliphatic carbocycles. The molecule has 0 amide bonds. The maximum Gasteiger partial charge on any atom is 0.166 e. The third-order valence-electron chi connectivity index (χ3n) is 3.21. The van der Waals surface area contributed by atoms with Crippen LogP contribution in [0.25, 0.3) is 6.08 Å². The van der Waals surface area contributed by atoms with Crippen molar-refractivity contribution in [2.75, 3.05) is 13.1 Å². The van der Waals surface area contributed by atoms with Crippen molar-refractivity contribution in [1.29, 1.82) is 0 Å². The molecule has 1 saturated heterocycles. The maximum absolute atomic E-state index is 13.1. The smallest absolute Gasteiger partial charge is 0.166 e. The molecule has 0 unspecified atom stereocenters. The molecule has 1 fully saturated rings. The zero-order chi connectivity index (χ0) is 12.3. The number of piperidine rings is 1. The van der Waals surface area contributed by atoms with E-state index in [0.29, 0.717) is 11.1 Å². The van der Waals surface area contributed by atoms with Crippen LogP contribution < -0.4 is 5.32 Å². The molecule has 17 heavy (non-hydrogen) atoms. The Morgan fingerprint density at radius 3 is 2.76 bits per heavy atom. The molecule has 3 heteroatoms. The third-order valence-corrected chi connectivity index (χ3v) is 3.21. The van der Waals surface area contributed by atoms with Gasteiger partial charge in [-0.25, -0.2) is 4.39 Å². The van der Waals surface area contributed by atoms with Crippen LogP contribution in [0.2, 0.25) is 0 Å². The molecule has 1 aromatic carbocycles. The summed E-state index contributed by atoms with van der Waals surface area (Å²) in [5.74, 6) is -0.163. The van der Waals surface area contributed by atoms with Gasteiger partial charge in [-0.2, -0.15) is 0 Å². The lowest BCUT2D eigenvalue weighted by Crippen LogP contribution is -2.32. The number of halogens is 1. The molecule has 0 atom stereocenters. The van der Waals surface area contributed by atoms with Crippen molar-refractivity contribution in [2.45, 2.75) is 12.8 Å². The van der Waals surface area contributed by atoms with E-state index in [4.69, 9.17) is 0 Å². The Labute approximate surface area is 101 Å². The molecular weight excluding hydrogens is 217 g/mol. The van der Waals surface area contributed by atoms with Gasteiger partial charge in [-0.05, 0) is 49.7 Å². The van der Waals surface area contributed by atoms with E-state index in [2.05, 4.69) is 11.9 Å². The minimum Gasteiger partial charge on any atom is -0.317 e. The zero-order valence-corrected chi connectivity index (χ0v) is 9.71. The van der Waals surface area contributed by atoms with Gasteiger partial charge in [-0.15, -0.1) is 0 Å². The number of ketones is 1. The molecule has 0 saturated carbocycles. The number of carbonyl (C=O) groups excluding carboxylic acids is 1. The third kappa shape index (κ3) is 2.61. The van der Waals surface area contributed by atoms with Crippen LogP contribution in [0, 0.1) is 11.7 Å². The Kier molecular flexibility index (Phi) is 3.69. The van der Waals surface area contributed by atoms with E-state index in [1.54, 1.807) is 6.07 Å². The number of rotatable bonds is 3. The largest absolute Gasteiger partial charge is 0.317 e. The van der Waals surface area contributed by atoms with Crippen molar-refractivity contribution in [3.05, 3.63) is 41.7 Å². The molecule has 0 bridgehead atoms. The number of nitrogens with one attached hydrogen (secondary N) is 1. The van der Waals surface area contributed by atoms with Gasteiger partial charge in [0.05, 0.1) is 0 Å². The van der Waals surface area contributed by atoms with Crippen LogP contribution in [0.5, 0.6) is 0 Å². The quantitative estimate of drug-likeness (QED) is 0.813. The van der Waals surface area contributed by atoms with Crippen molar-refractivity contribution in [2.24, 2.45) is 5.92 Å². The molecule has 2 nitrogen and oxygen atoms in total. The van der Waals surface area contributed by atoms with Crippen LogP contribution in [0.4, 0.5) is 4.39 Å². The molecule has 1 aliphatic rings. The minimum atomic E-state index is -0.332. The van der Waals surface area contributed by atoms with Crippen LogP contribution in [0.15, 0.2) is 24.8 Å². The van der Waals surface area contributed by atoms with Crippen LogP contribution >= 0.6 is 0 Å². The second-order valence-electron chi connectivity index (χ2n) is 4.32. The minimum absolute atomic E-state index is 0.0559. The van der Waals surface area contributed by atoms with Crippen LogP contribution in [-0.2, 0) is 0 Å². The highest BCUT2D eigenvalue weighted by atomic mass is 19.1. The van der Waals surface area contributed by atoms with Crippen LogP contribution in [0.3, 0.4) is 0 Å². The summed E-state index contributed by atoms with van der Waals surface area (Å²) in [6.45, 7) is 5.38. The molecule has 1 heterocycles. The summed E-state index contributed by atoms with van der Waals surface area (Å²) in [5, 5.41) is 3.23. The van der Waals surface area contributed by atoms with Gasteiger partial charge in [0.15, 0.2) is 5.78 Å². The fourth-order valence-corrected chi connectivity index (χ4v) is 2.23. The van der Waals surface area contributed by atoms with Crippen molar-refractivity contribution >= 4 is 11.9 Å². The van der Waals surface area contributed by atoms with E-state index >= 15 is 0 Å². The summed E-state index contributed by atoms with van der Waals surface area (Å²) in [7, 11) is 0. The first-order valence-electron chi connectivity index (χ1n) is 5.89. The zero-order valence-electron chi connectivity index (χ0n) is 9.71. The van der Waals surface area contributed by atoms with Crippen molar-refractivity contribution in [3.63, 3.8) is 0 Å². The van der Waals surface area contributed by atoms with E-state index in [9.17, 15) is 9.18 Å². The fourth-order valence-electron chi connectivity index (χ4n) is 2.23. The first-order valence-corrected chi connectivity index (χ1v) is 5.89. The molecule has 90 valence electrons. The Balaban J connectivity index is 2.26. The summed E-state index contributed by atoms with van der Waals surface area (Å²) in [4.78, 5) is 12.3. The van der Waals surface area contributed by atoms with Crippen LogP contribution in [0.1, 0.15) is 28.8 Å². The summed E-state index contributed by atoms with van der Waals surface area (Å²) in [5.41, 5.74) is 1.18.